The number of carbonyl (C=O) groups excluding carboxylic acids is 1. The molecule has 2 nitrogen and oxygen atoms in total. The largest absolute Gasteiger partial charge is 0.435 e. The van der Waals surface area contributed by atoms with E-state index < -0.39 is 0 Å². The summed E-state index contributed by atoms with van der Waals surface area (Å²) >= 11 is 0. The highest BCUT2D eigenvalue weighted by molar-refractivity contribution is 5.66. The fourth-order valence-corrected chi connectivity index (χ4v) is 1.19. The van der Waals surface area contributed by atoms with Crippen molar-refractivity contribution in [3.05, 3.63) is 25.5 Å². The summed E-state index contributed by atoms with van der Waals surface area (Å²) in [6.45, 7) is 10.4. The van der Waals surface area contributed by atoms with Gasteiger partial charge in [-0.1, -0.05) is 51.7 Å². The predicted octanol–water partition coefficient (Wildman–Crippen LogP) is 4.62. The molecular formula is C14H26O2. The van der Waals surface area contributed by atoms with Crippen LogP contribution in [0.3, 0.4) is 0 Å². The Kier molecular flexibility index (Phi) is 17.8. The Morgan fingerprint density at radius 3 is 2.06 bits per heavy atom. The van der Waals surface area contributed by atoms with Crippen LogP contribution in [0.5, 0.6) is 0 Å². The van der Waals surface area contributed by atoms with Gasteiger partial charge in [-0.15, -0.1) is 6.58 Å². The maximum atomic E-state index is 9.75. The summed E-state index contributed by atoms with van der Waals surface area (Å²) < 4.78 is 4.17. The first kappa shape index (κ1) is 17.3. The summed E-state index contributed by atoms with van der Waals surface area (Å²) in [5.41, 5.74) is 0. The van der Waals surface area contributed by atoms with Crippen molar-refractivity contribution in [2.24, 2.45) is 0 Å². The highest BCUT2D eigenvalue weighted by Gasteiger charge is 1.86. The van der Waals surface area contributed by atoms with E-state index in [9.17, 15) is 4.79 Å². The zero-order valence-corrected chi connectivity index (χ0v) is 10.8. The van der Waals surface area contributed by atoms with Crippen LogP contribution >= 0.6 is 0 Å². The maximum absolute atomic E-state index is 9.75. The molecule has 0 rings (SSSR count). The zero-order valence-electron chi connectivity index (χ0n) is 10.8. The van der Waals surface area contributed by atoms with Crippen LogP contribution in [0, 0.1) is 0 Å². The van der Waals surface area contributed by atoms with Crippen LogP contribution in [0.2, 0.25) is 0 Å². The molecule has 0 aromatic carbocycles. The molecule has 94 valence electrons. The van der Waals surface area contributed by atoms with Gasteiger partial charge in [-0.05, 0) is 12.8 Å². The molecule has 0 spiro atoms. The molecule has 0 radical (unpaired) electrons. The fraction of sp³-hybridized carbons (Fsp3) is 0.643. The van der Waals surface area contributed by atoms with E-state index in [1.165, 1.54) is 51.9 Å². The summed E-state index contributed by atoms with van der Waals surface area (Å²) in [7, 11) is 0. The standard InChI is InChI=1S/C10H20.C4H6O2/c1-3-5-7-9-10-8-6-4-2;1-3-6-4(2)5/h3H,1,4-10H2,2H3;3H,1H2,2H3. The topological polar surface area (TPSA) is 26.3 Å². The average molecular weight is 226 g/mol. The monoisotopic (exact) mass is 226 g/mol. The molecule has 0 bridgehead atoms. The summed E-state index contributed by atoms with van der Waals surface area (Å²) in [6, 6.07) is 0. The van der Waals surface area contributed by atoms with Crippen LogP contribution in [0.1, 0.15) is 58.8 Å². The Morgan fingerprint density at radius 2 is 1.69 bits per heavy atom. The zero-order chi connectivity index (χ0) is 12.6. The predicted molar refractivity (Wildman–Crippen MR) is 70.2 cm³/mol. The minimum absolute atomic E-state index is 0.329. The van der Waals surface area contributed by atoms with Crippen LogP contribution in [-0.4, -0.2) is 5.97 Å². The molecule has 0 aromatic heterocycles. The molecule has 0 atom stereocenters. The first-order valence-corrected chi connectivity index (χ1v) is 6.08. The van der Waals surface area contributed by atoms with Crippen molar-refractivity contribution in [3.8, 4) is 0 Å². The van der Waals surface area contributed by atoms with Crippen LogP contribution in [-0.2, 0) is 9.53 Å². The lowest BCUT2D eigenvalue weighted by Crippen LogP contribution is -1.87. The highest BCUT2D eigenvalue weighted by atomic mass is 16.5. The van der Waals surface area contributed by atoms with Gasteiger partial charge >= 0.3 is 5.97 Å². The third kappa shape index (κ3) is 23.1. The lowest BCUT2D eigenvalue weighted by Gasteiger charge is -1.96. The number of rotatable bonds is 8. The second kappa shape index (κ2) is 16.4. The molecule has 16 heavy (non-hydrogen) atoms. The number of esters is 1. The minimum Gasteiger partial charge on any atom is -0.435 e. The summed E-state index contributed by atoms with van der Waals surface area (Å²) in [4.78, 5) is 9.75. The summed E-state index contributed by atoms with van der Waals surface area (Å²) in [5.74, 6) is -0.329. The number of carbonyl (C=O) groups is 1. The van der Waals surface area contributed by atoms with E-state index in [0.29, 0.717) is 0 Å². The van der Waals surface area contributed by atoms with Gasteiger partial charge in [0.2, 0.25) is 0 Å². The van der Waals surface area contributed by atoms with Crippen LogP contribution < -0.4 is 0 Å². The summed E-state index contributed by atoms with van der Waals surface area (Å²) in [5, 5.41) is 0. The molecule has 0 heterocycles. The molecule has 0 aromatic rings. The number of hydrogen-bond acceptors (Lipinski definition) is 2. The Balaban J connectivity index is 0. The van der Waals surface area contributed by atoms with Gasteiger partial charge in [0.15, 0.2) is 0 Å². The van der Waals surface area contributed by atoms with Crippen LogP contribution in [0.15, 0.2) is 25.5 Å². The minimum atomic E-state index is -0.329. The van der Waals surface area contributed by atoms with Crippen molar-refractivity contribution in [2.75, 3.05) is 0 Å². The SMILES string of the molecule is C=CCCCCCCCC.C=COC(C)=O. The van der Waals surface area contributed by atoms with Gasteiger partial charge in [-0.2, -0.15) is 0 Å². The van der Waals surface area contributed by atoms with Crippen molar-refractivity contribution >= 4 is 5.97 Å². The van der Waals surface area contributed by atoms with E-state index in [1.807, 2.05) is 6.08 Å². The summed E-state index contributed by atoms with van der Waals surface area (Å²) in [6.07, 6.45) is 12.7. The molecule has 0 fully saturated rings. The maximum Gasteiger partial charge on any atom is 0.307 e. The first-order chi connectivity index (χ1) is 7.68. The number of hydrogen-bond donors (Lipinski definition) is 0. The molecule has 0 aliphatic heterocycles. The van der Waals surface area contributed by atoms with Gasteiger partial charge in [0.1, 0.15) is 0 Å². The molecule has 0 saturated carbocycles. The fourth-order valence-electron chi connectivity index (χ4n) is 1.19. The van der Waals surface area contributed by atoms with Gasteiger partial charge in [-0.25, -0.2) is 0 Å². The smallest absolute Gasteiger partial charge is 0.307 e. The number of ether oxygens (including phenoxy) is 1. The third-order valence-corrected chi connectivity index (χ3v) is 2.01. The quantitative estimate of drug-likeness (QED) is 0.261. The normalized spacial score (nSPS) is 8.62. The van der Waals surface area contributed by atoms with Gasteiger partial charge in [0.25, 0.3) is 0 Å². The molecule has 0 unspecified atom stereocenters. The molecule has 0 amide bonds. The number of allylic oxidation sites excluding steroid dienone is 1. The van der Waals surface area contributed by atoms with E-state index in [2.05, 4.69) is 24.8 Å². The highest BCUT2D eigenvalue weighted by Crippen LogP contribution is 2.06. The number of unbranched alkanes of at least 4 members (excludes halogenated alkanes) is 6. The van der Waals surface area contributed by atoms with Gasteiger partial charge in [0, 0.05) is 6.92 Å². The Morgan fingerprint density at radius 1 is 1.12 bits per heavy atom. The second-order valence-corrected chi connectivity index (χ2v) is 3.62. The Hall–Kier alpha value is -1.05. The van der Waals surface area contributed by atoms with Crippen LogP contribution in [0.25, 0.3) is 0 Å². The van der Waals surface area contributed by atoms with Crippen molar-refractivity contribution < 1.29 is 9.53 Å². The van der Waals surface area contributed by atoms with E-state index in [-0.39, 0.29) is 5.97 Å². The molecule has 0 aliphatic carbocycles. The first-order valence-electron chi connectivity index (χ1n) is 6.08. The van der Waals surface area contributed by atoms with E-state index in [4.69, 9.17) is 0 Å². The van der Waals surface area contributed by atoms with Crippen molar-refractivity contribution in [3.63, 3.8) is 0 Å². The van der Waals surface area contributed by atoms with Gasteiger partial charge in [0.05, 0.1) is 6.26 Å². The lowest BCUT2D eigenvalue weighted by atomic mass is 10.1. The van der Waals surface area contributed by atoms with Crippen molar-refractivity contribution in [1.82, 2.24) is 0 Å². The van der Waals surface area contributed by atoms with E-state index >= 15 is 0 Å². The van der Waals surface area contributed by atoms with Crippen LogP contribution in [0.4, 0.5) is 0 Å². The molecule has 0 aliphatic rings. The lowest BCUT2D eigenvalue weighted by molar-refractivity contribution is -0.135. The van der Waals surface area contributed by atoms with Gasteiger partial charge in [-0.3, -0.25) is 4.79 Å². The van der Waals surface area contributed by atoms with Crippen molar-refractivity contribution in [2.45, 2.75) is 58.8 Å². The average Bonchev–Trinajstić information content (AvgIpc) is 2.24. The Bertz CT molecular complexity index is 174. The van der Waals surface area contributed by atoms with Crippen molar-refractivity contribution in [1.29, 1.82) is 0 Å². The molecular weight excluding hydrogens is 200 g/mol. The third-order valence-electron chi connectivity index (χ3n) is 2.01. The van der Waals surface area contributed by atoms with E-state index in [0.717, 1.165) is 6.26 Å². The molecule has 0 saturated heterocycles. The Labute approximate surface area is 100 Å². The molecule has 0 N–H and O–H groups in total. The van der Waals surface area contributed by atoms with Gasteiger partial charge < -0.3 is 4.74 Å². The van der Waals surface area contributed by atoms with E-state index in [1.54, 1.807) is 0 Å². The molecule has 2 heteroatoms. The second-order valence-electron chi connectivity index (χ2n) is 3.62.